The molecule has 1 aliphatic heterocycles. The molecule has 2 heterocycles. The normalized spacial score (nSPS) is 16.1. The molecule has 3 aliphatic rings. The molecule has 0 aromatic carbocycles. The highest BCUT2D eigenvalue weighted by Crippen LogP contribution is 2.31. The van der Waals surface area contributed by atoms with Crippen LogP contribution in [0.5, 0.6) is 0 Å². The number of hydrogen-bond donors (Lipinski definition) is 4. The van der Waals surface area contributed by atoms with Crippen LogP contribution in [0.4, 0.5) is 0 Å². The fourth-order valence-corrected chi connectivity index (χ4v) is 3.74. The minimum atomic E-state index is -0.391. The molecule has 0 saturated heterocycles. The van der Waals surface area contributed by atoms with E-state index < -0.39 is 11.8 Å². The van der Waals surface area contributed by atoms with Crippen molar-refractivity contribution in [3.63, 3.8) is 0 Å². The number of aromatic nitrogens is 1. The largest absolute Gasteiger partial charge is 0.352 e. The SMILES string of the molecule is O=C1NCCCNC(=O)c2cc(c3cccccc2-3)C(=O)NCCCNC(=O)c2cccc1n2. The summed E-state index contributed by atoms with van der Waals surface area (Å²) in [5.74, 6) is -1.35. The minimum Gasteiger partial charge on any atom is -0.352 e. The predicted molar refractivity (Wildman–Crippen MR) is 126 cm³/mol. The zero-order chi connectivity index (χ0) is 23.9. The van der Waals surface area contributed by atoms with Crippen LogP contribution in [0.25, 0.3) is 11.1 Å². The molecule has 9 heteroatoms. The number of carbonyl (C=O) groups excluding carboxylic acids is 4. The van der Waals surface area contributed by atoms with Gasteiger partial charge in [0.05, 0.1) is 0 Å². The van der Waals surface area contributed by atoms with Gasteiger partial charge >= 0.3 is 0 Å². The molecular formula is C25H25N5O4. The molecule has 0 saturated carbocycles. The Bertz CT molecular complexity index is 1120. The Kier molecular flexibility index (Phi) is 7.12. The summed E-state index contributed by atoms with van der Waals surface area (Å²) in [7, 11) is 0. The number of nitrogens with one attached hydrogen (secondary N) is 4. The smallest absolute Gasteiger partial charge is 0.269 e. The van der Waals surface area contributed by atoms with Gasteiger partial charge in [-0.2, -0.15) is 0 Å². The van der Waals surface area contributed by atoms with Crippen LogP contribution in [-0.4, -0.2) is 54.8 Å². The van der Waals surface area contributed by atoms with Gasteiger partial charge in [-0.1, -0.05) is 36.4 Å². The Labute approximate surface area is 196 Å². The summed E-state index contributed by atoms with van der Waals surface area (Å²) in [6, 6.07) is 15.4. The van der Waals surface area contributed by atoms with E-state index in [9.17, 15) is 19.2 Å². The molecule has 4 bridgehead atoms. The number of amides is 4. The van der Waals surface area contributed by atoms with Crippen molar-refractivity contribution in [3.8, 4) is 11.1 Å². The molecule has 34 heavy (non-hydrogen) atoms. The molecule has 1 aromatic heterocycles. The van der Waals surface area contributed by atoms with Gasteiger partial charge in [-0.25, -0.2) is 4.98 Å². The molecule has 0 atom stereocenters. The van der Waals surface area contributed by atoms with Crippen molar-refractivity contribution in [2.75, 3.05) is 26.2 Å². The number of fused-ring (bicyclic) bond motifs is 7. The highest BCUT2D eigenvalue weighted by atomic mass is 16.2. The zero-order valence-corrected chi connectivity index (χ0v) is 18.5. The van der Waals surface area contributed by atoms with Gasteiger partial charge in [0.25, 0.3) is 23.6 Å². The van der Waals surface area contributed by atoms with Crippen molar-refractivity contribution in [1.29, 1.82) is 0 Å². The number of carbonyl (C=O) groups is 4. The average Bonchev–Trinajstić information content (AvgIpc) is 3.03. The molecule has 0 radical (unpaired) electrons. The minimum absolute atomic E-state index is 0.141. The van der Waals surface area contributed by atoms with E-state index in [1.807, 2.05) is 30.3 Å². The Morgan fingerprint density at radius 2 is 0.941 bits per heavy atom. The molecule has 4 amide bonds. The Balaban J connectivity index is 1.55. The fraction of sp³-hybridized carbons (Fsp3) is 0.240. The molecule has 0 spiro atoms. The van der Waals surface area contributed by atoms with Gasteiger partial charge in [-0.15, -0.1) is 0 Å². The molecule has 2 aliphatic carbocycles. The molecular weight excluding hydrogens is 434 g/mol. The number of rotatable bonds is 0. The zero-order valence-electron chi connectivity index (χ0n) is 18.5. The summed E-state index contributed by atoms with van der Waals surface area (Å²) < 4.78 is 0. The van der Waals surface area contributed by atoms with Gasteiger partial charge in [0.15, 0.2) is 0 Å². The Morgan fingerprint density at radius 3 is 1.41 bits per heavy atom. The van der Waals surface area contributed by atoms with Gasteiger partial charge in [0, 0.05) is 37.3 Å². The van der Waals surface area contributed by atoms with E-state index in [1.54, 1.807) is 12.1 Å². The maximum Gasteiger partial charge on any atom is 0.269 e. The van der Waals surface area contributed by atoms with Crippen molar-refractivity contribution in [3.05, 3.63) is 77.1 Å². The quantitative estimate of drug-likeness (QED) is 0.406. The lowest BCUT2D eigenvalue weighted by Gasteiger charge is -2.09. The number of pyridine rings is 1. The highest BCUT2D eigenvalue weighted by molar-refractivity contribution is 6.10. The molecule has 4 rings (SSSR count). The van der Waals surface area contributed by atoms with Crippen molar-refractivity contribution in [1.82, 2.24) is 26.3 Å². The van der Waals surface area contributed by atoms with E-state index >= 15 is 0 Å². The number of nitrogens with zero attached hydrogens (tertiary/aromatic N) is 1. The Hall–Kier alpha value is -4.27. The maximum absolute atomic E-state index is 12.9. The highest BCUT2D eigenvalue weighted by Gasteiger charge is 2.23. The van der Waals surface area contributed by atoms with Gasteiger partial charge in [-0.3, -0.25) is 19.2 Å². The van der Waals surface area contributed by atoms with Crippen LogP contribution < -0.4 is 21.3 Å². The van der Waals surface area contributed by atoms with Crippen molar-refractivity contribution < 1.29 is 19.2 Å². The topological polar surface area (TPSA) is 129 Å². The standard InChI is InChI=1S/C25H25N5O4/c31-22-18-15-19(17-8-3-1-2-7-16(17)18)23(32)27-12-6-14-29-25(34)21-10-4-9-20(30-21)24(33)28-13-5-11-26-22/h1-4,7-10,15H,5-6,11-14H2,(H,26,31)(H,27,32)(H,28,33)(H,29,34). The van der Waals surface area contributed by atoms with Gasteiger partial charge in [-0.05, 0) is 42.2 Å². The first-order chi connectivity index (χ1) is 16.5. The van der Waals surface area contributed by atoms with E-state index in [1.165, 1.54) is 12.1 Å². The van der Waals surface area contributed by atoms with Crippen molar-refractivity contribution >= 4 is 23.6 Å². The summed E-state index contributed by atoms with van der Waals surface area (Å²) in [5.41, 5.74) is 2.49. The second kappa shape index (κ2) is 10.6. The first-order valence-electron chi connectivity index (χ1n) is 11.2. The van der Waals surface area contributed by atoms with Crippen LogP contribution in [0.3, 0.4) is 0 Å². The van der Waals surface area contributed by atoms with Crippen LogP contribution in [0.2, 0.25) is 0 Å². The molecule has 0 fully saturated rings. The molecule has 1 aromatic rings. The van der Waals surface area contributed by atoms with Crippen LogP contribution in [0.15, 0.2) is 54.6 Å². The lowest BCUT2D eigenvalue weighted by molar-refractivity contribution is 0.0941. The van der Waals surface area contributed by atoms with Crippen LogP contribution >= 0.6 is 0 Å². The summed E-state index contributed by atoms with van der Waals surface area (Å²) in [6.45, 7) is 1.31. The van der Waals surface area contributed by atoms with E-state index in [-0.39, 0.29) is 23.2 Å². The summed E-state index contributed by atoms with van der Waals surface area (Å²) in [4.78, 5) is 54.6. The van der Waals surface area contributed by atoms with E-state index in [0.717, 1.165) is 0 Å². The second-order valence-corrected chi connectivity index (χ2v) is 7.85. The third-order valence-corrected chi connectivity index (χ3v) is 5.46. The van der Waals surface area contributed by atoms with E-state index in [0.29, 0.717) is 61.3 Å². The third kappa shape index (κ3) is 5.20. The van der Waals surface area contributed by atoms with E-state index in [4.69, 9.17) is 0 Å². The molecule has 4 N–H and O–H groups in total. The maximum atomic E-state index is 12.9. The first-order valence-corrected chi connectivity index (χ1v) is 11.2. The lowest BCUT2D eigenvalue weighted by Crippen LogP contribution is -2.32. The third-order valence-electron chi connectivity index (χ3n) is 5.46. The van der Waals surface area contributed by atoms with Crippen molar-refractivity contribution in [2.45, 2.75) is 12.8 Å². The predicted octanol–water partition coefficient (Wildman–Crippen LogP) is 1.60. The van der Waals surface area contributed by atoms with Gasteiger partial charge in [0.1, 0.15) is 11.4 Å². The van der Waals surface area contributed by atoms with Crippen LogP contribution in [0, 0.1) is 0 Å². The lowest BCUT2D eigenvalue weighted by atomic mass is 10.1. The molecule has 0 unspecified atom stereocenters. The monoisotopic (exact) mass is 459 g/mol. The van der Waals surface area contributed by atoms with Gasteiger partial charge < -0.3 is 21.3 Å². The van der Waals surface area contributed by atoms with Crippen molar-refractivity contribution in [2.24, 2.45) is 0 Å². The van der Waals surface area contributed by atoms with E-state index in [2.05, 4.69) is 26.3 Å². The second-order valence-electron chi connectivity index (χ2n) is 7.85. The van der Waals surface area contributed by atoms with Gasteiger partial charge in [0.2, 0.25) is 0 Å². The first kappa shape index (κ1) is 22.9. The number of hydrogen-bond acceptors (Lipinski definition) is 5. The van der Waals surface area contributed by atoms with Crippen LogP contribution in [0.1, 0.15) is 54.5 Å². The molecule has 9 nitrogen and oxygen atoms in total. The Morgan fingerprint density at radius 1 is 0.500 bits per heavy atom. The summed E-state index contributed by atoms with van der Waals surface area (Å²) >= 11 is 0. The summed E-state index contributed by atoms with van der Waals surface area (Å²) in [6.07, 6.45) is 0.995. The average molecular weight is 460 g/mol. The molecule has 174 valence electrons. The fourth-order valence-electron chi connectivity index (χ4n) is 3.74. The summed E-state index contributed by atoms with van der Waals surface area (Å²) in [5, 5.41) is 11.2. The van der Waals surface area contributed by atoms with Crippen LogP contribution in [-0.2, 0) is 0 Å².